The summed E-state index contributed by atoms with van der Waals surface area (Å²) >= 11 is 0. The first-order valence-electron chi connectivity index (χ1n) is 6.50. The molecule has 1 aromatic rings. The Balaban J connectivity index is 2.82. The molecule has 94 valence electrons. The molecule has 0 radical (unpaired) electrons. The van der Waals surface area contributed by atoms with Crippen LogP contribution in [0.3, 0.4) is 0 Å². The topological polar surface area (TPSA) is 43.1 Å². The first-order valence-corrected chi connectivity index (χ1v) is 6.50. The minimum atomic E-state index is 0.165. The van der Waals surface area contributed by atoms with Gasteiger partial charge in [-0.3, -0.25) is 4.79 Å². The third-order valence-electron chi connectivity index (χ3n) is 3.32. The molecule has 1 rings (SSSR count). The lowest BCUT2D eigenvalue weighted by molar-refractivity contribution is 0.0908. The van der Waals surface area contributed by atoms with Crippen molar-refractivity contribution in [2.75, 3.05) is 5.73 Å². The molecular formula is C15H23NO. The second-order valence-corrected chi connectivity index (χ2v) is 4.68. The van der Waals surface area contributed by atoms with E-state index in [1.54, 1.807) is 0 Å². The van der Waals surface area contributed by atoms with Gasteiger partial charge in [0.05, 0.1) is 0 Å². The van der Waals surface area contributed by atoms with E-state index in [-0.39, 0.29) is 11.7 Å². The van der Waals surface area contributed by atoms with Gasteiger partial charge in [0.2, 0.25) is 0 Å². The van der Waals surface area contributed by atoms with Crippen LogP contribution in [0.2, 0.25) is 0 Å². The Hall–Kier alpha value is -1.31. The largest absolute Gasteiger partial charge is 0.399 e. The number of unbranched alkanes of at least 4 members (excludes halogenated alkanes) is 1. The molecule has 0 saturated carbocycles. The average molecular weight is 233 g/mol. The molecule has 0 heterocycles. The summed E-state index contributed by atoms with van der Waals surface area (Å²) in [6, 6.07) is 5.58. The number of Topliss-reactive ketones (excluding diaryl/α,β-unsaturated/α-hetero) is 1. The van der Waals surface area contributed by atoms with Crippen LogP contribution in [0.4, 0.5) is 5.69 Å². The molecule has 0 aromatic heterocycles. The Morgan fingerprint density at radius 3 is 2.59 bits per heavy atom. The first kappa shape index (κ1) is 13.8. The number of benzene rings is 1. The number of carbonyl (C=O) groups is 1. The van der Waals surface area contributed by atoms with Crippen LogP contribution in [-0.2, 0) is 0 Å². The fraction of sp³-hybridized carbons (Fsp3) is 0.533. The summed E-state index contributed by atoms with van der Waals surface area (Å²) in [5.41, 5.74) is 8.31. The van der Waals surface area contributed by atoms with E-state index in [0.29, 0.717) is 0 Å². The van der Waals surface area contributed by atoms with Crippen LogP contribution in [0.5, 0.6) is 0 Å². The van der Waals surface area contributed by atoms with E-state index < -0.39 is 0 Å². The van der Waals surface area contributed by atoms with E-state index in [1.165, 1.54) is 0 Å². The maximum Gasteiger partial charge on any atom is 0.165 e. The van der Waals surface area contributed by atoms with Gasteiger partial charge in [-0.1, -0.05) is 26.7 Å². The van der Waals surface area contributed by atoms with Crippen molar-refractivity contribution in [3.8, 4) is 0 Å². The zero-order chi connectivity index (χ0) is 12.8. The number of anilines is 1. The lowest BCUT2D eigenvalue weighted by atomic mass is 9.90. The van der Waals surface area contributed by atoms with Crippen molar-refractivity contribution in [2.24, 2.45) is 5.92 Å². The number of carbonyl (C=O) groups excluding carboxylic acids is 1. The first-order chi connectivity index (χ1) is 8.10. The van der Waals surface area contributed by atoms with Gasteiger partial charge in [-0.15, -0.1) is 0 Å². The van der Waals surface area contributed by atoms with Gasteiger partial charge >= 0.3 is 0 Å². The summed E-state index contributed by atoms with van der Waals surface area (Å²) < 4.78 is 0. The van der Waals surface area contributed by atoms with Crippen LogP contribution in [-0.4, -0.2) is 5.78 Å². The minimum absolute atomic E-state index is 0.165. The van der Waals surface area contributed by atoms with Crippen LogP contribution < -0.4 is 5.73 Å². The van der Waals surface area contributed by atoms with E-state index in [4.69, 9.17) is 5.73 Å². The molecule has 2 N–H and O–H groups in total. The Kier molecular flexibility index (Phi) is 5.20. The maximum atomic E-state index is 12.3. The number of nitrogens with two attached hydrogens (primary N) is 1. The highest BCUT2D eigenvalue weighted by Gasteiger charge is 2.17. The summed E-state index contributed by atoms with van der Waals surface area (Å²) in [4.78, 5) is 12.3. The Morgan fingerprint density at radius 2 is 2.06 bits per heavy atom. The Labute approximate surface area is 104 Å². The van der Waals surface area contributed by atoms with E-state index >= 15 is 0 Å². The number of rotatable bonds is 6. The summed E-state index contributed by atoms with van der Waals surface area (Å²) in [7, 11) is 0. The summed E-state index contributed by atoms with van der Waals surface area (Å²) in [6.07, 6.45) is 4.18. The lowest BCUT2D eigenvalue weighted by Crippen LogP contribution is -2.14. The van der Waals surface area contributed by atoms with Gasteiger partial charge in [-0.2, -0.15) is 0 Å². The second-order valence-electron chi connectivity index (χ2n) is 4.68. The summed E-state index contributed by atoms with van der Waals surface area (Å²) in [5.74, 6) is 0.432. The van der Waals surface area contributed by atoms with Crippen LogP contribution >= 0.6 is 0 Å². The van der Waals surface area contributed by atoms with E-state index in [1.807, 2.05) is 25.1 Å². The Bertz CT molecular complexity index is 385. The molecule has 2 heteroatoms. The summed E-state index contributed by atoms with van der Waals surface area (Å²) in [5, 5.41) is 0. The zero-order valence-corrected chi connectivity index (χ0v) is 11.1. The van der Waals surface area contributed by atoms with E-state index in [9.17, 15) is 4.79 Å². The van der Waals surface area contributed by atoms with Crippen molar-refractivity contribution in [2.45, 2.75) is 46.5 Å². The van der Waals surface area contributed by atoms with Gasteiger partial charge in [0.15, 0.2) is 5.78 Å². The minimum Gasteiger partial charge on any atom is -0.399 e. The predicted molar refractivity (Wildman–Crippen MR) is 73.2 cm³/mol. The lowest BCUT2D eigenvalue weighted by Gasteiger charge is -2.14. The van der Waals surface area contributed by atoms with Crippen molar-refractivity contribution in [3.05, 3.63) is 29.3 Å². The van der Waals surface area contributed by atoms with Gasteiger partial charge in [0.1, 0.15) is 0 Å². The van der Waals surface area contributed by atoms with Crippen LogP contribution in [0, 0.1) is 12.8 Å². The van der Waals surface area contributed by atoms with Crippen molar-refractivity contribution < 1.29 is 4.79 Å². The quantitative estimate of drug-likeness (QED) is 0.596. The average Bonchev–Trinajstić information content (AvgIpc) is 2.33. The molecule has 0 fully saturated rings. The van der Waals surface area contributed by atoms with E-state index in [0.717, 1.165) is 42.5 Å². The van der Waals surface area contributed by atoms with E-state index in [2.05, 4.69) is 13.8 Å². The fourth-order valence-electron chi connectivity index (χ4n) is 2.04. The van der Waals surface area contributed by atoms with Crippen molar-refractivity contribution in [1.29, 1.82) is 0 Å². The van der Waals surface area contributed by atoms with Crippen LogP contribution in [0.25, 0.3) is 0 Å². The van der Waals surface area contributed by atoms with Gasteiger partial charge < -0.3 is 5.73 Å². The monoisotopic (exact) mass is 233 g/mol. The van der Waals surface area contributed by atoms with Crippen molar-refractivity contribution >= 4 is 11.5 Å². The molecular weight excluding hydrogens is 210 g/mol. The van der Waals surface area contributed by atoms with Crippen molar-refractivity contribution in [1.82, 2.24) is 0 Å². The number of hydrogen-bond donors (Lipinski definition) is 1. The molecule has 0 aliphatic heterocycles. The molecule has 0 bridgehead atoms. The third-order valence-corrected chi connectivity index (χ3v) is 3.32. The number of aryl methyl sites for hydroxylation is 1. The van der Waals surface area contributed by atoms with Gasteiger partial charge in [-0.05, 0) is 43.5 Å². The van der Waals surface area contributed by atoms with Crippen LogP contribution in [0.15, 0.2) is 18.2 Å². The fourth-order valence-corrected chi connectivity index (χ4v) is 2.04. The maximum absolute atomic E-state index is 12.3. The molecule has 0 amide bonds. The molecule has 0 aliphatic rings. The molecule has 0 saturated heterocycles. The number of ketones is 1. The highest BCUT2D eigenvalue weighted by molar-refractivity contribution is 5.98. The molecule has 17 heavy (non-hydrogen) atoms. The SMILES string of the molecule is CCCCC(CC)C(=O)c1ccc(N)c(C)c1. The molecule has 0 aliphatic carbocycles. The number of hydrogen-bond acceptors (Lipinski definition) is 2. The standard InChI is InChI=1S/C15H23NO/c1-4-6-7-12(5-2)15(17)13-8-9-14(16)11(3)10-13/h8-10,12H,4-7,16H2,1-3H3. The normalized spacial score (nSPS) is 12.4. The van der Waals surface area contributed by atoms with Gasteiger partial charge in [-0.25, -0.2) is 0 Å². The van der Waals surface area contributed by atoms with Crippen LogP contribution in [0.1, 0.15) is 55.5 Å². The highest BCUT2D eigenvalue weighted by atomic mass is 16.1. The third kappa shape index (κ3) is 3.58. The highest BCUT2D eigenvalue weighted by Crippen LogP contribution is 2.21. The van der Waals surface area contributed by atoms with Gasteiger partial charge in [0.25, 0.3) is 0 Å². The van der Waals surface area contributed by atoms with Gasteiger partial charge in [0, 0.05) is 17.2 Å². The smallest absolute Gasteiger partial charge is 0.165 e. The Morgan fingerprint density at radius 1 is 1.35 bits per heavy atom. The second kappa shape index (κ2) is 6.43. The zero-order valence-electron chi connectivity index (χ0n) is 11.1. The molecule has 1 atom stereocenters. The predicted octanol–water partition coefficient (Wildman–Crippen LogP) is 3.98. The summed E-state index contributed by atoms with van der Waals surface area (Å²) in [6.45, 7) is 6.19. The molecule has 2 nitrogen and oxygen atoms in total. The molecule has 1 unspecified atom stereocenters. The number of nitrogen functional groups attached to an aromatic ring is 1. The molecule has 1 aromatic carbocycles. The van der Waals surface area contributed by atoms with Crippen molar-refractivity contribution in [3.63, 3.8) is 0 Å². The molecule has 0 spiro atoms.